The van der Waals surface area contributed by atoms with Crippen LogP contribution in [-0.2, 0) is 0 Å². The van der Waals surface area contributed by atoms with E-state index >= 15 is 0 Å². The van der Waals surface area contributed by atoms with Crippen molar-refractivity contribution in [2.24, 2.45) is 5.92 Å². The van der Waals surface area contributed by atoms with Gasteiger partial charge in [-0.15, -0.1) is 11.3 Å². The van der Waals surface area contributed by atoms with Crippen LogP contribution in [0, 0.1) is 5.92 Å². The molecule has 0 bridgehead atoms. The highest BCUT2D eigenvalue weighted by Crippen LogP contribution is 2.26. The Morgan fingerprint density at radius 2 is 2.42 bits per heavy atom. The Balaban J connectivity index is 2.01. The van der Waals surface area contributed by atoms with Crippen LogP contribution in [0.25, 0.3) is 0 Å². The highest BCUT2D eigenvalue weighted by atomic mass is 32.1. The van der Waals surface area contributed by atoms with E-state index in [0.717, 1.165) is 30.8 Å². The molecular weight excluding hydrogens is 274 g/mol. The number of carbonyl (C=O) groups is 1. The fourth-order valence-electron chi connectivity index (χ4n) is 2.11. The van der Waals surface area contributed by atoms with Crippen molar-refractivity contribution < 1.29 is 18.3 Å². The molecule has 106 valence electrons. The zero-order valence-electron chi connectivity index (χ0n) is 10.5. The summed E-state index contributed by atoms with van der Waals surface area (Å²) in [7, 11) is 0. The Labute approximate surface area is 114 Å². The normalized spacial score (nSPS) is 23.4. The summed E-state index contributed by atoms with van der Waals surface area (Å²) < 4.78 is 28.7. The van der Waals surface area contributed by atoms with Gasteiger partial charge in [0.1, 0.15) is 10.6 Å². The third kappa shape index (κ3) is 3.63. The quantitative estimate of drug-likeness (QED) is 0.892. The molecule has 1 aromatic rings. The van der Waals surface area contributed by atoms with Crippen LogP contribution in [0.2, 0.25) is 0 Å². The summed E-state index contributed by atoms with van der Waals surface area (Å²) >= 11 is 1.10. The van der Waals surface area contributed by atoms with Gasteiger partial charge in [0.15, 0.2) is 0 Å². The zero-order chi connectivity index (χ0) is 13.8. The maximum atomic E-state index is 12.2. The Morgan fingerprint density at radius 3 is 3.11 bits per heavy atom. The van der Waals surface area contributed by atoms with E-state index in [1.54, 1.807) is 5.38 Å². The molecule has 0 saturated carbocycles. The molecular formula is C12H16F2N2O2S. The second kappa shape index (κ2) is 6.29. The Hall–Kier alpha value is -1.21. The Morgan fingerprint density at radius 1 is 1.63 bits per heavy atom. The minimum atomic E-state index is -2.92. The van der Waals surface area contributed by atoms with Crippen LogP contribution in [0.4, 0.5) is 8.78 Å². The lowest BCUT2D eigenvalue weighted by Crippen LogP contribution is -2.48. The van der Waals surface area contributed by atoms with Crippen LogP contribution < -0.4 is 15.4 Å². The highest BCUT2D eigenvalue weighted by Gasteiger charge is 2.25. The zero-order valence-corrected chi connectivity index (χ0v) is 11.3. The van der Waals surface area contributed by atoms with Gasteiger partial charge in [-0.2, -0.15) is 8.78 Å². The molecule has 0 aliphatic carbocycles. The van der Waals surface area contributed by atoms with Crippen molar-refractivity contribution in [2.75, 3.05) is 13.1 Å². The third-order valence-electron chi connectivity index (χ3n) is 3.15. The second-order valence-corrected chi connectivity index (χ2v) is 5.46. The highest BCUT2D eigenvalue weighted by molar-refractivity contribution is 7.12. The van der Waals surface area contributed by atoms with Gasteiger partial charge in [-0.3, -0.25) is 4.79 Å². The number of thiophene rings is 1. The van der Waals surface area contributed by atoms with E-state index < -0.39 is 6.61 Å². The topological polar surface area (TPSA) is 50.4 Å². The molecule has 2 unspecified atom stereocenters. The van der Waals surface area contributed by atoms with Gasteiger partial charge in [0.25, 0.3) is 5.91 Å². The molecule has 2 heterocycles. The minimum Gasteiger partial charge on any atom is -0.433 e. The number of hydrogen-bond acceptors (Lipinski definition) is 4. The average molecular weight is 290 g/mol. The molecule has 1 saturated heterocycles. The Kier molecular flexibility index (Phi) is 4.71. The summed E-state index contributed by atoms with van der Waals surface area (Å²) in [5, 5.41) is 7.70. The van der Waals surface area contributed by atoms with Crippen molar-refractivity contribution in [3.63, 3.8) is 0 Å². The number of alkyl halides is 2. The van der Waals surface area contributed by atoms with Crippen LogP contribution in [0.5, 0.6) is 5.75 Å². The van der Waals surface area contributed by atoms with Crippen molar-refractivity contribution in [1.82, 2.24) is 10.6 Å². The summed E-state index contributed by atoms with van der Waals surface area (Å²) in [6.07, 6.45) is 0.837. The van der Waals surface area contributed by atoms with Crippen LogP contribution in [0.3, 0.4) is 0 Å². The fourth-order valence-corrected chi connectivity index (χ4v) is 2.84. The van der Waals surface area contributed by atoms with Gasteiger partial charge in [0.05, 0.1) is 0 Å². The van der Waals surface area contributed by atoms with Gasteiger partial charge in [0, 0.05) is 6.04 Å². The van der Waals surface area contributed by atoms with Crippen molar-refractivity contribution in [3.05, 3.63) is 16.3 Å². The molecule has 1 aliphatic rings. The van der Waals surface area contributed by atoms with Crippen molar-refractivity contribution in [1.29, 1.82) is 0 Å². The summed E-state index contributed by atoms with van der Waals surface area (Å²) in [6, 6.07) is 1.45. The molecule has 1 aromatic heterocycles. The molecule has 0 aromatic carbocycles. The molecule has 2 atom stereocenters. The minimum absolute atomic E-state index is 0.0564. The summed E-state index contributed by atoms with van der Waals surface area (Å²) in [5.74, 6) is -0.0828. The molecule has 1 aliphatic heterocycles. The van der Waals surface area contributed by atoms with E-state index in [1.165, 1.54) is 6.07 Å². The van der Waals surface area contributed by atoms with Crippen molar-refractivity contribution in [3.8, 4) is 5.75 Å². The van der Waals surface area contributed by atoms with E-state index in [2.05, 4.69) is 15.4 Å². The average Bonchev–Trinajstić information content (AvgIpc) is 2.79. The third-order valence-corrected chi connectivity index (χ3v) is 4.05. The molecule has 1 fully saturated rings. The molecule has 7 heteroatoms. The maximum Gasteiger partial charge on any atom is 0.387 e. The molecule has 2 rings (SSSR count). The molecule has 0 radical (unpaired) electrons. The van der Waals surface area contributed by atoms with E-state index in [0.29, 0.717) is 5.92 Å². The largest absolute Gasteiger partial charge is 0.433 e. The summed E-state index contributed by atoms with van der Waals surface area (Å²) in [6.45, 7) is 0.816. The first-order valence-corrected chi connectivity index (χ1v) is 6.99. The van der Waals surface area contributed by atoms with Gasteiger partial charge in [-0.25, -0.2) is 0 Å². The van der Waals surface area contributed by atoms with Gasteiger partial charge < -0.3 is 15.4 Å². The number of hydrogen-bond donors (Lipinski definition) is 2. The van der Waals surface area contributed by atoms with Crippen molar-refractivity contribution >= 4 is 17.2 Å². The number of halogens is 2. The van der Waals surface area contributed by atoms with E-state index in [9.17, 15) is 13.6 Å². The van der Waals surface area contributed by atoms with E-state index in [-0.39, 0.29) is 22.6 Å². The number of ether oxygens (including phenoxy) is 1. The van der Waals surface area contributed by atoms with Gasteiger partial charge >= 0.3 is 6.61 Å². The molecule has 19 heavy (non-hydrogen) atoms. The summed E-state index contributed by atoms with van der Waals surface area (Å²) in [5.41, 5.74) is 0. The number of amides is 1. The molecule has 0 spiro atoms. The lowest BCUT2D eigenvalue weighted by atomic mass is 9.95. The van der Waals surface area contributed by atoms with Crippen LogP contribution >= 0.6 is 11.3 Å². The van der Waals surface area contributed by atoms with E-state index in [1.807, 2.05) is 6.92 Å². The van der Waals surface area contributed by atoms with E-state index in [4.69, 9.17) is 0 Å². The van der Waals surface area contributed by atoms with Crippen LogP contribution in [0.15, 0.2) is 11.4 Å². The first-order chi connectivity index (χ1) is 9.08. The lowest BCUT2D eigenvalue weighted by molar-refractivity contribution is -0.0498. The Bertz CT molecular complexity index is 439. The van der Waals surface area contributed by atoms with Crippen molar-refractivity contribution in [2.45, 2.75) is 26.0 Å². The second-order valence-electron chi connectivity index (χ2n) is 4.54. The first-order valence-electron chi connectivity index (χ1n) is 6.12. The van der Waals surface area contributed by atoms with Crippen LogP contribution in [0.1, 0.15) is 23.0 Å². The predicted molar refractivity (Wildman–Crippen MR) is 68.9 cm³/mol. The summed E-state index contributed by atoms with van der Waals surface area (Å²) in [4.78, 5) is 12.3. The molecule has 2 N–H and O–H groups in total. The standard InChI is InChI=1S/C12H16F2N2O2S/c1-7-6-15-4-2-8(7)16-11(17)10-9(3-5-19-10)18-12(13)14/h3,5,7-8,12,15H,2,4,6H2,1H3,(H,16,17). The predicted octanol–water partition coefficient (Wildman–Crippen LogP) is 2.08. The van der Waals surface area contributed by atoms with Gasteiger partial charge in [0.2, 0.25) is 0 Å². The number of piperidine rings is 1. The number of rotatable bonds is 4. The first kappa shape index (κ1) is 14.2. The lowest BCUT2D eigenvalue weighted by Gasteiger charge is -2.30. The smallest absolute Gasteiger partial charge is 0.387 e. The monoisotopic (exact) mass is 290 g/mol. The molecule has 1 amide bonds. The fraction of sp³-hybridized carbons (Fsp3) is 0.583. The maximum absolute atomic E-state index is 12.2. The molecule has 4 nitrogen and oxygen atoms in total. The van der Waals surface area contributed by atoms with Crippen LogP contribution in [-0.4, -0.2) is 31.7 Å². The van der Waals surface area contributed by atoms with Gasteiger partial charge in [-0.05, 0) is 36.9 Å². The SMILES string of the molecule is CC1CNCCC1NC(=O)c1sccc1OC(F)F. The number of nitrogens with one attached hydrogen (secondary N) is 2. The number of carbonyl (C=O) groups excluding carboxylic acids is 1. The van der Waals surface area contributed by atoms with Gasteiger partial charge in [-0.1, -0.05) is 6.92 Å².